The van der Waals surface area contributed by atoms with Crippen molar-refractivity contribution in [1.82, 2.24) is 0 Å². The Kier molecular flexibility index (Phi) is 2.19. The largest absolute Gasteiger partial charge is 0.0651 e. The number of hydrogen-bond acceptors (Lipinski definition) is 0. The maximum absolute atomic E-state index is 2.81. The fourth-order valence-corrected chi connectivity index (χ4v) is 13.3. The lowest BCUT2D eigenvalue weighted by Gasteiger charge is -2.80. The summed E-state index contributed by atoms with van der Waals surface area (Å²) in [5.41, 5.74) is 2.84. The monoisotopic (exact) mass is 338 g/mol. The minimum absolute atomic E-state index is 0.684. The molecule has 7 fully saturated rings. The normalized spacial score (nSPS) is 78.5. The lowest BCUT2D eigenvalue weighted by molar-refractivity contribution is -0.333. The first kappa shape index (κ1) is 15.0. The average Bonchev–Trinajstić information content (AvgIpc) is 3.03. The Morgan fingerprint density at radius 2 is 1.04 bits per heavy atom. The van der Waals surface area contributed by atoms with E-state index < -0.39 is 0 Å². The summed E-state index contributed by atoms with van der Waals surface area (Å²) in [4.78, 5) is 0. The van der Waals surface area contributed by atoms with Crippen molar-refractivity contribution in [1.29, 1.82) is 0 Å². The third kappa shape index (κ3) is 0.960. The van der Waals surface area contributed by atoms with Crippen molar-refractivity contribution < 1.29 is 0 Å². The van der Waals surface area contributed by atoms with Crippen LogP contribution in [0.15, 0.2) is 0 Å². The molecule has 0 heteroatoms. The Labute approximate surface area is 154 Å². The molecule has 0 amide bonds. The summed E-state index contributed by atoms with van der Waals surface area (Å²) in [6.07, 6.45) is 7.74. The van der Waals surface area contributed by atoms with E-state index in [1.165, 1.54) is 24.7 Å². The molecule has 0 nitrogen and oxygen atoms in total. The van der Waals surface area contributed by atoms with Gasteiger partial charge in [0.1, 0.15) is 0 Å². The third-order valence-electron chi connectivity index (χ3n) is 14.0. The summed E-state index contributed by atoms with van der Waals surface area (Å²) in [6.45, 7) is 16.2. The van der Waals surface area contributed by atoms with Gasteiger partial charge in [-0.05, 0) is 100 Å². The van der Waals surface area contributed by atoms with Crippen LogP contribution in [0.25, 0.3) is 0 Å². The molecule has 7 aliphatic rings. The van der Waals surface area contributed by atoms with Crippen LogP contribution in [0.2, 0.25) is 0 Å². The molecule has 0 heterocycles. The highest BCUT2D eigenvalue weighted by Crippen LogP contribution is 2.97. The first-order valence-electron chi connectivity index (χ1n) is 11.8. The summed E-state index contributed by atoms with van der Waals surface area (Å²) < 4.78 is 0. The molecular weight excluding hydrogens is 300 g/mol. The molecule has 0 aliphatic heterocycles. The minimum atomic E-state index is 0.684. The topological polar surface area (TPSA) is 0 Å². The molecule has 2 bridgehead atoms. The molecule has 7 rings (SSSR count). The second-order valence-electron chi connectivity index (χ2n) is 12.7. The van der Waals surface area contributed by atoms with Gasteiger partial charge in [-0.2, -0.15) is 0 Å². The van der Waals surface area contributed by atoms with Crippen LogP contribution in [-0.2, 0) is 0 Å². The van der Waals surface area contributed by atoms with Gasteiger partial charge in [-0.15, -0.1) is 0 Å². The van der Waals surface area contributed by atoms with Crippen molar-refractivity contribution in [3.8, 4) is 0 Å². The highest BCUT2D eigenvalue weighted by Gasteiger charge is 2.92. The van der Waals surface area contributed by atoms with E-state index in [1.807, 2.05) is 0 Å². The standard InChI is InChI=1S/C25H38/c1-7-13-14(8-2)23(4)18-11-17(22(13,23)3)20-21(18)25(6)16-10-12-9-15(19(12)16)24(20,25)5/h12-21H,7-11H2,1-6H3. The average molecular weight is 339 g/mol. The SMILES string of the molecule is CCC1C(CC)C2(C)C3CC(C4C3C3(C)C5CC6CC(C65)C43C)C12C. The van der Waals surface area contributed by atoms with Gasteiger partial charge in [-0.1, -0.05) is 54.4 Å². The van der Waals surface area contributed by atoms with Gasteiger partial charge in [-0.3, -0.25) is 0 Å². The van der Waals surface area contributed by atoms with Crippen LogP contribution in [0.4, 0.5) is 0 Å². The molecule has 0 radical (unpaired) electrons. The fourth-order valence-electron chi connectivity index (χ4n) is 13.3. The smallest absolute Gasteiger partial charge is 0.0201 e. The number of hydrogen-bond donors (Lipinski definition) is 0. The predicted octanol–water partition coefficient (Wildman–Crippen LogP) is 6.26. The highest BCUT2D eigenvalue weighted by atomic mass is 15.0. The van der Waals surface area contributed by atoms with E-state index in [4.69, 9.17) is 0 Å². The zero-order chi connectivity index (χ0) is 17.3. The summed E-state index contributed by atoms with van der Waals surface area (Å²) in [5.74, 6) is 11.1. The fraction of sp³-hybridized carbons (Fsp3) is 1.00. The first-order chi connectivity index (χ1) is 11.8. The maximum Gasteiger partial charge on any atom is -0.0201 e. The van der Waals surface area contributed by atoms with E-state index in [1.54, 1.807) is 19.3 Å². The highest BCUT2D eigenvalue weighted by molar-refractivity contribution is 5.40. The molecule has 0 aromatic heterocycles. The maximum atomic E-state index is 2.81. The quantitative estimate of drug-likeness (QED) is 0.521. The molecule has 0 aromatic carbocycles. The van der Waals surface area contributed by atoms with E-state index >= 15 is 0 Å². The van der Waals surface area contributed by atoms with Gasteiger partial charge in [-0.25, -0.2) is 0 Å². The first-order valence-corrected chi connectivity index (χ1v) is 11.8. The van der Waals surface area contributed by atoms with E-state index in [2.05, 4.69) is 41.5 Å². The zero-order valence-electron chi connectivity index (χ0n) is 17.3. The van der Waals surface area contributed by atoms with Crippen molar-refractivity contribution in [2.24, 2.45) is 80.8 Å². The molecular formula is C25H38. The Morgan fingerprint density at radius 3 is 1.40 bits per heavy atom. The molecule has 0 aromatic rings. The molecule has 7 saturated carbocycles. The van der Waals surface area contributed by atoms with Crippen LogP contribution >= 0.6 is 0 Å². The van der Waals surface area contributed by atoms with Gasteiger partial charge in [0.25, 0.3) is 0 Å². The molecule has 25 heavy (non-hydrogen) atoms. The molecule has 7 aliphatic carbocycles. The second kappa shape index (κ2) is 3.65. The molecule has 12 unspecified atom stereocenters. The molecule has 0 N–H and O–H groups in total. The predicted molar refractivity (Wildman–Crippen MR) is 102 cm³/mol. The van der Waals surface area contributed by atoms with Crippen molar-refractivity contribution in [3.63, 3.8) is 0 Å². The van der Waals surface area contributed by atoms with E-state index in [9.17, 15) is 0 Å². The lowest BCUT2D eigenvalue weighted by Crippen LogP contribution is -2.76. The van der Waals surface area contributed by atoms with Crippen molar-refractivity contribution in [2.75, 3.05) is 0 Å². The van der Waals surface area contributed by atoms with Crippen LogP contribution in [0.3, 0.4) is 0 Å². The number of fused-ring (bicyclic) bond motifs is 13. The summed E-state index contributed by atoms with van der Waals surface area (Å²) in [6, 6.07) is 0. The van der Waals surface area contributed by atoms with Crippen LogP contribution in [-0.4, -0.2) is 0 Å². The van der Waals surface area contributed by atoms with E-state index in [0.717, 1.165) is 58.2 Å². The van der Waals surface area contributed by atoms with Crippen LogP contribution < -0.4 is 0 Å². The van der Waals surface area contributed by atoms with Crippen LogP contribution in [0.1, 0.15) is 73.6 Å². The van der Waals surface area contributed by atoms with Gasteiger partial charge >= 0.3 is 0 Å². The van der Waals surface area contributed by atoms with E-state index in [0.29, 0.717) is 10.8 Å². The van der Waals surface area contributed by atoms with Crippen molar-refractivity contribution >= 4 is 0 Å². The van der Waals surface area contributed by atoms with Gasteiger partial charge < -0.3 is 0 Å². The molecule has 12 atom stereocenters. The van der Waals surface area contributed by atoms with Gasteiger partial charge in [0.15, 0.2) is 0 Å². The summed E-state index contributed by atoms with van der Waals surface area (Å²) in [5, 5.41) is 0. The van der Waals surface area contributed by atoms with Crippen LogP contribution in [0.5, 0.6) is 0 Å². The zero-order valence-corrected chi connectivity index (χ0v) is 17.3. The Morgan fingerprint density at radius 1 is 0.600 bits per heavy atom. The Balaban J connectivity index is 1.38. The molecule has 0 spiro atoms. The van der Waals surface area contributed by atoms with Crippen molar-refractivity contribution in [2.45, 2.75) is 73.6 Å². The number of rotatable bonds is 2. The Bertz CT molecular complexity index is 638. The van der Waals surface area contributed by atoms with E-state index in [-0.39, 0.29) is 0 Å². The van der Waals surface area contributed by atoms with Gasteiger partial charge in [0.2, 0.25) is 0 Å². The summed E-state index contributed by atoms with van der Waals surface area (Å²) in [7, 11) is 0. The minimum Gasteiger partial charge on any atom is -0.0651 e. The lowest BCUT2D eigenvalue weighted by atomic mass is 9.24. The molecule has 138 valence electrons. The van der Waals surface area contributed by atoms with Crippen LogP contribution in [0, 0.1) is 80.8 Å². The summed E-state index contributed by atoms with van der Waals surface area (Å²) >= 11 is 0. The Hall–Kier alpha value is 0. The van der Waals surface area contributed by atoms with Gasteiger partial charge in [0, 0.05) is 0 Å². The second-order valence-corrected chi connectivity index (χ2v) is 12.7. The molecule has 0 saturated heterocycles. The van der Waals surface area contributed by atoms with Gasteiger partial charge in [0.05, 0.1) is 0 Å². The third-order valence-corrected chi connectivity index (χ3v) is 14.0. The van der Waals surface area contributed by atoms with Crippen molar-refractivity contribution in [3.05, 3.63) is 0 Å².